The molecule has 0 fully saturated rings. The summed E-state index contributed by atoms with van der Waals surface area (Å²) in [7, 11) is -26.2. The number of rotatable bonds is 10. The van der Waals surface area contributed by atoms with Crippen LogP contribution in [-0.4, -0.2) is 74.9 Å². The molecule has 51 heavy (non-hydrogen) atoms. The predicted octanol–water partition coefficient (Wildman–Crippen LogP) is 3.10. The first-order valence-corrected chi connectivity index (χ1v) is 19.6. The van der Waals surface area contributed by atoms with Crippen LogP contribution < -0.4 is 5.73 Å². The van der Waals surface area contributed by atoms with E-state index in [1.165, 1.54) is 0 Å². The van der Waals surface area contributed by atoms with Crippen molar-refractivity contribution in [1.29, 1.82) is 0 Å². The van der Waals surface area contributed by atoms with E-state index in [0.29, 0.717) is 48.5 Å². The number of nitrogen functional groups attached to an aromatic ring is 1. The lowest BCUT2D eigenvalue weighted by Crippen LogP contribution is -2.04. The molecule has 0 heterocycles. The number of hydrogen-bond donors (Lipinski definition) is 7. The smallest absolute Gasteiger partial charge is 0.298 e. The van der Waals surface area contributed by atoms with Gasteiger partial charge in [0.05, 0.1) is 20.9 Å². The van der Waals surface area contributed by atoms with Crippen molar-refractivity contribution < 1.29 is 74.9 Å². The van der Waals surface area contributed by atoms with Crippen molar-refractivity contribution in [3.8, 4) is 5.75 Å². The van der Waals surface area contributed by atoms with Gasteiger partial charge in [0.25, 0.3) is 56.3 Å². The maximum Gasteiger partial charge on any atom is 0.298 e. The second kappa shape index (κ2) is 12.9. The third-order valence-electron chi connectivity index (χ3n) is 6.34. The first-order chi connectivity index (χ1) is 23.1. The van der Waals surface area contributed by atoms with E-state index in [4.69, 9.17) is 5.73 Å². The molecule has 0 unspecified atom stereocenters. The molecule has 29 heteroatoms. The van der Waals surface area contributed by atoms with Crippen LogP contribution in [0.5, 0.6) is 5.75 Å². The molecule has 0 spiro atoms. The fourth-order valence-corrected chi connectivity index (χ4v) is 7.11. The highest BCUT2D eigenvalue weighted by Gasteiger charge is 2.29. The van der Waals surface area contributed by atoms with E-state index in [1.54, 1.807) is 0 Å². The van der Waals surface area contributed by atoms with Crippen molar-refractivity contribution in [2.45, 2.75) is 24.5 Å². The van der Waals surface area contributed by atoms with Crippen molar-refractivity contribution in [2.75, 3.05) is 5.73 Å². The molecule has 272 valence electrons. The molecule has 0 amide bonds. The number of benzene rings is 4. The molecular formula is C22H16N6O18S5. The van der Waals surface area contributed by atoms with Gasteiger partial charge in [-0.25, -0.2) is 0 Å². The monoisotopic (exact) mass is 812 g/mol. The van der Waals surface area contributed by atoms with Crippen molar-refractivity contribution >= 4 is 95.5 Å². The van der Waals surface area contributed by atoms with Crippen molar-refractivity contribution in [1.82, 2.24) is 0 Å². The van der Waals surface area contributed by atoms with Crippen LogP contribution in [0.3, 0.4) is 0 Å². The Morgan fingerprint density at radius 2 is 1.06 bits per heavy atom. The molecule has 0 aliphatic carbocycles. The Hall–Kier alpha value is -5.11. The summed E-state index contributed by atoms with van der Waals surface area (Å²) >= 11 is 0. The average Bonchev–Trinajstić information content (AvgIpc) is 2.97. The Balaban J connectivity index is 2.09. The van der Waals surface area contributed by atoms with Gasteiger partial charge in [0, 0.05) is 11.5 Å². The van der Waals surface area contributed by atoms with E-state index >= 15 is 0 Å². The molecule has 0 saturated heterocycles. The molecule has 0 aromatic heterocycles. The molecule has 0 radical (unpaired) electrons. The zero-order chi connectivity index (χ0) is 38.6. The first-order valence-electron chi connectivity index (χ1n) is 12.4. The molecule has 4 rings (SSSR count). The highest BCUT2D eigenvalue weighted by atomic mass is 32.2. The third-order valence-corrected chi connectivity index (χ3v) is 10.7. The minimum atomic E-state index is -5.54. The molecule has 8 N–H and O–H groups in total. The number of azo groups is 2. The molecular weight excluding hydrogens is 797 g/mol. The van der Waals surface area contributed by atoms with E-state index < -0.39 is 131 Å². The van der Waals surface area contributed by atoms with Gasteiger partial charge in [-0.2, -0.15) is 42.1 Å². The van der Waals surface area contributed by atoms with Gasteiger partial charge < -0.3 is 10.8 Å². The molecule has 0 aliphatic rings. The summed E-state index contributed by atoms with van der Waals surface area (Å²) in [5.74, 6) is -1.47. The Kier molecular flexibility index (Phi) is 9.78. The summed E-state index contributed by atoms with van der Waals surface area (Å²) < 4.78 is 167. The van der Waals surface area contributed by atoms with Crippen molar-refractivity contribution in [3.05, 3.63) is 58.6 Å². The van der Waals surface area contributed by atoms with E-state index in [1.807, 2.05) is 0 Å². The second-order valence-electron chi connectivity index (χ2n) is 9.61. The number of phenols is 1. The molecule has 0 aliphatic heterocycles. The standard InChI is InChI=1S/C22H16N6O18S5/c23-20-14(26-25-13-5-9(47(32,33)34)2-4-16(13)49(38,39)40)8-17(50(41,42)43)11-7-18(51(44,45)46)21(22(29)19(11)20)27-24-12-3-1-10(48(35,36)37)6-15(12)28(30)31/h1-8,29H,23H2,(H,32,33,34)(H,35,36,37)(H,38,39,40)(H,41,42,43)(H,44,45,46). The highest BCUT2D eigenvalue weighted by molar-refractivity contribution is 7.87. The number of phenolic OH excluding ortho intramolecular Hbond substituents is 1. The average molecular weight is 813 g/mol. The molecule has 0 bridgehead atoms. The maximum atomic E-state index is 12.4. The number of fused-ring (bicyclic) bond motifs is 1. The Labute approximate surface area is 284 Å². The predicted molar refractivity (Wildman–Crippen MR) is 167 cm³/mol. The van der Waals surface area contributed by atoms with Crippen LogP contribution in [0, 0.1) is 10.1 Å². The lowest BCUT2D eigenvalue weighted by Gasteiger charge is -2.14. The van der Waals surface area contributed by atoms with Crippen LogP contribution in [-0.2, 0) is 50.6 Å². The maximum absolute atomic E-state index is 12.4. The molecule has 4 aromatic rings. The van der Waals surface area contributed by atoms with Crippen LogP contribution >= 0.6 is 0 Å². The summed E-state index contributed by atoms with van der Waals surface area (Å²) in [5.41, 5.74) is -0.00929. The largest absolute Gasteiger partial charge is 0.505 e. The van der Waals surface area contributed by atoms with Gasteiger partial charge in [0.15, 0.2) is 11.4 Å². The fourth-order valence-electron chi connectivity index (χ4n) is 4.16. The SMILES string of the molecule is Nc1c(N=Nc2cc(S(=O)(=O)O)ccc2S(=O)(=O)O)cc(S(=O)(=O)O)c2cc(S(=O)(=O)O)c(N=Nc3ccc(S(=O)(=O)O)cc3[N+](=O)[O-])c(O)c12. The lowest BCUT2D eigenvalue weighted by molar-refractivity contribution is -0.384. The normalized spacial score (nSPS) is 13.4. The molecule has 4 aromatic carbocycles. The number of nitrogens with zero attached hydrogens (tertiary/aromatic N) is 5. The highest BCUT2D eigenvalue weighted by Crippen LogP contribution is 2.48. The van der Waals surface area contributed by atoms with Gasteiger partial charge in [-0.05, 0) is 42.5 Å². The molecule has 24 nitrogen and oxygen atoms in total. The third kappa shape index (κ3) is 8.11. The van der Waals surface area contributed by atoms with Gasteiger partial charge in [-0.3, -0.25) is 32.9 Å². The number of nitrogens with two attached hydrogens (primary N) is 1. The topological polar surface area (TPSA) is 411 Å². The summed E-state index contributed by atoms with van der Waals surface area (Å²) in [4.78, 5) is 4.56. The number of hydrogen-bond acceptors (Lipinski definition) is 18. The number of anilines is 1. The van der Waals surface area contributed by atoms with Crippen LogP contribution in [0.2, 0.25) is 0 Å². The first kappa shape index (κ1) is 38.7. The van der Waals surface area contributed by atoms with E-state index in [2.05, 4.69) is 20.5 Å². The van der Waals surface area contributed by atoms with Crippen LogP contribution in [0.1, 0.15) is 0 Å². The van der Waals surface area contributed by atoms with Gasteiger partial charge in [-0.15, -0.1) is 20.5 Å². The van der Waals surface area contributed by atoms with Crippen LogP contribution in [0.4, 0.5) is 34.1 Å². The van der Waals surface area contributed by atoms with E-state index in [-0.39, 0.29) is 0 Å². The zero-order valence-electron chi connectivity index (χ0n) is 24.1. The Bertz CT molecular complexity index is 2820. The second-order valence-corrected chi connectivity index (χ2v) is 16.6. The minimum Gasteiger partial charge on any atom is -0.505 e. The van der Waals surface area contributed by atoms with Crippen LogP contribution in [0.25, 0.3) is 10.8 Å². The van der Waals surface area contributed by atoms with Crippen molar-refractivity contribution in [3.63, 3.8) is 0 Å². The summed E-state index contributed by atoms with van der Waals surface area (Å²) in [6, 6.07) is 3.72. The Morgan fingerprint density at radius 1 is 0.569 bits per heavy atom. The van der Waals surface area contributed by atoms with Crippen LogP contribution in [0.15, 0.2) is 93.5 Å². The number of aromatic hydroxyl groups is 1. The van der Waals surface area contributed by atoms with Crippen molar-refractivity contribution in [2.24, 2.45) is 20.5 Å². The summed E-state index contributed by atoms with van der Waals surface area (Å²) in [5, 5.41) is 34.5. The summed E-state index contributed by atoms with van der Waals surface area (Å²) in [6.07, 6.45) is 0. The molecule has 0 saturated carbocycles. The van der Waals surface area contributed by atoms with Gasteiger partial charge >= 0.3 is 0 Å². The number of nitro benzene ring substituents is 1. The van der Waals surface area contributed by atoms with Gasteiger partial charge in [0.1, 0.15) is 36.6 Å². The minimum absolute atomic E-state index is 0.307. The van der Waals surface area contributed by atoms with Gasteiger partial charge in [-0.1, -0.05) is 0 Å². The Morgan fingerprint density at radius 3 is 1.57 bits per heavy atom. The van der Waals surface area contributed by atoms with Gasteiger partial charge in [0.2, 0.25) is 0 Å². The zero-order valence-corrected chi connectivity index (χ0v) is 28.1. The van der Waals surface area contributed by atoms with E-state index in [0.717, 1.165) is 0 Å². The lowest BCUT2D eigenvalue weighted by atomic mass is 10.0. The molecule has 0 atom stereocenters. The quantitative estimate of drug-likeness (QED) is 0.0397. The number of nitro groups is 1. The fraction of sp³-hybridized carbons (Fsp3) is 0. The van der Waals surface area contributed by atoms with E-state index in [9.17, 15) is 80.1 Å². The summed E-state index contributed by atoms with van der Waals surface area (Å²) in [6.45, 7) is 0.